The Labute approximate surface area is 177 Å². The third-order valence-electron chi connectivity index (χ3n) is 4.88. The standard InChI is InChI=1S/C22H21F3N2O4/c1-15(28)31-17-7-4-6-16(14-17)20(29)26-10-5-11-27(13-12-26)21(30)18-8-2-3-9-19(18)22(23,24)25/h2-4,6-9,14H,5,10-13H2,1H3. The van der Waals surface area contributed by atoms with Crippen LogP contribution in [0.15, 0.2) is 48.5 Å². The lowest BCUT2D eigenvalue weighted by Gasteiger charge is -2.23. The maximum absolute atomic E-state index is 13.3. The zero-order valence-corrected chi connectivity index (χ0v) is 16.8. The zero-order valence-electron chi connectivity index (χ0n) is 16.8. The van der Waals surface area contributed by atoms with Gasteiger partial charge in [-0.25, -0.2) is 0 Å². The van der Waals surface area contributed by atoms with Crippen LogP contribution in [0.25, 0.3) is 0 Å². The summed E-state index contributed by atoms with van der Waals surface area (Å²) >= 11 is 0. The van der Waals surface area contributed by atoms with Gasteiger partial charge in [-0.15, -0.1) is 0 Å². The van der Waals surface area contributed by atoms with Gasteiger partial charge in [0.15, 0.2) is 0 Å². The molecule has 0 aliphatic carbocycles. The number of hydrogen-bond acceptors (Lipinski definition) is 4. The maximum atomic E-state index is 13.3. The van der Waals surface area contributed by atoms with E-state index in [-0.39, 0.29) is 31.3 Å². The van der Waals surface area contributed by atoms with Crippen molar-refractivity contribution in [3.63, 3.8) is 0 Å². The summed E-state index contributed by atoms with van der Waals surface area (Å²) in [4.78, 5) is 39.6. The highest BCUT2D eigenvalue weighted by atomic mass is 19.4. The molecule has 3 rings (SSSR count). The van der Waals surface area contributed by atoms with Crippen LogP contribution in [0.1, 0.15) is 39.6 Å². The van der Waals surface area contributed by atoms with E-state index in [4.69, 9.17) is 4.74 Å². The first-order chi connectivity index (χ1) is 14.7. The Morgan fingerprint density at radius 2 is 1.52 bits per heavy atom. The highest BCUT2D eigenvalue weighted by Gasteiger charge is 2.36. The summed E-state index contributed by atoms with van der Waals surface area (Å²) < 4.78 is 44.8. The molecular formula is C22H21F3N2O4. The van der Waals surface area contributed by atoms with Gasteiger partial charge in [0.25, 0.3) is 11.8 Å². The van der Waals surface area contributed by atoms with Gasteiger partial charge in [0.05, 0.1) is 11.1 Å². The van der Waals surface area contributed by atoms with Gasteiger partial charge in [0.1, 0.15) is 5.75 Å². The Balaban J connectivity index is 1.72. The van der Waals surface area contributed by atoms with Gasteiger partial charge < -0.3 is 14.5 Å². The number of halogens is 3. The molecule has 1 fully saturated rings. The number of rotatable bonds is 3. The van der Waals surface area contributed by atoms with Gasteiger partial charge >= 0.3 is 12.1 Å². The monoisotopic (exact) mass is 434 g/mol. The number of hydrogen-bond donors (Lipinski definition) is 0. The van der Waals surface area contributed by atoms with Gasteiger partial charge in [-0.05, 0) is 36.8 Å². The summed E-state index contributed by atoms with van der Waals surface area (Å²) in [7, 11) is 0. The number of benzene rings is 2. The summed E-state index contributed by atoms with van der Waals surface area (Å²) in [6.45, 7) is 2.13. The SMILES string of the molecule is CC(=O)Oc1cccc(C(=O)N2CCCN(C(=O)c3ccccc3C(F)(F)F)CC2)c1. The molecule has 31 heavy (non-hydrogen) atoms. The Morgan fingerprint density at radius 1 is 0.871 bits per heavy atom. The highest BCUT2D eigenvalue weighted by Crippen LogP contribution is 2.32. The van der Waals surface area contributed by atoms with Crippen LogP contribution in [0.3, 0.4) is 0 Å². The average Bonchev–Trinajstić information content (AvgIpc) is 2.98. The Morgan fingerprint density at radius 3 is 2.16 bits per heavy atom. The molecule has 1 aliphatic rings. The topological polar surface area (TPSA) is 66.9 Å². The molecule has 6 nitrogen and oxygen atoms in total. The number of carbonyl (C=O) groups is 3. The van der Waals surface area contributed by atoms with Crippen LogP contribution in [-0.2, 0) is 11.0 Å². The minimum absolute atomic E-state index is 0.112. The molecule has 2 aromatic carbocycles. The molecule has 0 saturated carbocycles. The van der Waals surface area contributed by atoms with E-state index in [0.717, 1.165) is 6.07 Å². The molecule has 0 atom stereocenters. The predicted octanol–water partition coefficient (Wildman–Crippen LogP) is 3.62. The van der Waals surface area contributed by atoms with Crippen molar-refractivity contribution in [1.82, 2.24) is 9.80 Å². The van der Waals surface area contributed by atoms with Crippen molar-refractivity contribution < 1.29 is 32.3 Å². The van der Waals surface area contributed by atoms with E-state index in [9.17, 15) is 27.6 Å². The molecule has 2 amide bonds. The van der Waals surface area contributed by atoms with Gasteiger partial charge in [-0.3, -0.25) is 14.4 Å². The van der Waals surface area contributed by atoms with Crippen molar-refractivity contribution in [2.24, 2.45) is 0 Å². The minimum atomic E-state index is -4.63. The van der Waals surface area contributed by atoms with Crippen molar-refractivity contribution in [3.05, 3.63) is 65.2 Å². The molecule has 1 aliphatic heterocycles. The normalized spacial score (nSPS) is 14.7. The van der Waals surface area contributed by atoms with Gasteiger partial charge in [0, 0.05) is 38.7 Å². The summed E-state index contributed by atoms with van der Waals surface area (Å²) in [6, 6.07) is 10.9. The van der Waals surface area contributed by atoms with Crippen LogP contribution >= 0.6 is 0 Å². The van der Waals surface area contributed by atoms with Crippen molar-refractivity contribution in [3.8, 4) is 5.75 Å². The first kappa shape index (κ1) is 22.3. The second kappa shape index (κ2) is 9.20. The fourth-order valence-corrected chi connectivity index (χ4v) is 3.45. The third-order valence-corrected chi connectivity index (χ3v) is 4.88. The molecule has 0 spiro atoms. The van der Waals surface area contributed by atoms with E-state index in [2.05, 4.69) is 0 Å². The summed E-state index contributed by atoms with van der Waals surface area (Å²) in [5, 5.41) is 0. The highest BCUT2D eigenvalue weighted by molar-refractivity contribution is 5.96. The van der Waals surface area contributed by atoms with Crippen LogP contribution in [0.4, 0.5) is 13.2 Å². The van der Waals surface area contributed by atoms with Crippen LogP contribution in [0.2, 0.25) is 0 Å². The predicted molar refractivity (Wildman–Crippen MR) is 106 cm³/mol. The molecule has 0 unspecified atom stereocenters. The zero-order chi connectivity index (χ0) is 22.6. The van der Waals surface area contributed by atoms with Crippen molar-refractivity contribution >= 4 is 17.8 Å². The first-order valence-electron chi connectivity index (χ1n) is 9.70. The van der Waals surface area contributed by atoms with Gasteiger partial charge in [0.2, 0.25) is 0 Å². The fourth-order valence-electron chi connectivity index (χ4n) is 3.45. The summed E-state index contributed by atoms with van der Waals surface area (Å²) in [6.07, 6.45) is -4.21. The first-order valence-corrected chi connectivity index (χ1v) is 9.70. The van der Waals surface area contributed by atoms with Crippen LogP contribution in [0, 0.1) is 0 Å². The molecule has 0 radical (unpaired) electrons. The molecule has 0 N–H and O–H groups in total. The second-order valence-corrected chi connectivity index (χ2v) is 7.10. The molecule has 9 heteroatoms. The van der Waals surface area contributed by atoms with Gasteiger partial charge in [-0.1, -0.05) is 18.2 Å². The van der Waals surface area contributed by atoms with Crippen LogP contribution in [-0.4, -0.2) is 53.8 Å². The molecular weight excluding hydrogens is 413 g/mol. The number of nitrogens with zero attached hydrogens (tertiary/aromatic N) is 2. The molecule has 1 saturated heterocycles. The van der Waals surface area contributed by atoms with Crippen molar-refractivity contribution in [2.45, 2.75) is 19.5 Å². The second-order valence-electron chi connectivity index (χ2n) is 7.10. The molecule has 0 aromatic heterocycles. The lowest BCUT2D eigenvalue weighted by molar-refractivity contribution is -0.138. The lowest BCUT2D eigenvalue weighted by Crippen LogP contribution is -2.38. The van der Waals surface area contributed by atoms with E-state index in [1.165, 1.54) is 41.0 Å². The number of amides is 2. The Hall–Kier alpha value is -3.36. The Bertz CT molecular complexity index is 991. The lowest BCUT2D eigenvalue weighted by atomic mass is 10.1. The smallest absolute Gasteiger partial charge is 0.417 e. The van der Waals surface area contributed by atoms with E-state index < -0.39 is 29.2 Å². The largest absolute Gasteiger partial charge is 0.427 e. The van der Waals surface area contributed by atoms with Crippen molar-refractivity contribution in [2.75, 3.05) is 26.2 Å². The number of carbonyl (C=O) groups excluding carboxylic acids is 3. The fraction of sp³-hybridized carbons (Fsp3) is 0.318. The van der Waals surface area contributed by atoms with E-state index in [1.54, 1.807) is 18.2 Å². The molecule has 164 valence electrons. The third kappa shape index (κ3) is 5.42. The number of ether oxygens (including phenoxy) is 1. The number of alkyl halides is 3. The quantitative estimate of drug-likeness (QED) is 0.547. The van der Waals surface area contributed by atoms with Gasteiger partial charge in [-0.2, -0.15) is 13.2 Å². The van der Waals surface area contributed by atoms with Crippen LogP contribution in [0.5, 0.6) is 5.75 Å². The number of esters is 1. The van der Waals surface area contributed by atoms with Crippen molar-refractivity contribution in [1.29, 1.82) is 0 Å². The summed E-state index contributed by atoms with van der Waals surface area (Å²) in [5.41, 5.74) is -1.05. The minimum Gasteiger partial charge on any atom is -0.427 e. The molecule has 0 bridgehead atoms. The van der Waals surface area contributed by atoms with E-state index in [0.29, 0.717) is 18.5 Å². The van der Waals surface area contributed by atoms with Crippen LogP contribution < -0.4 is 4.74 Å². The average molecular weight is 434 g/mol. The maximum Gasteiger partial charge on any atom is 0.417 e. The summed E-state index contributed by atoms with van der Waals surface area (Å²) in [5.74, 6) is -1.28. The molecule has 1 heterocycles. The Kier molecular flexibility index (Phi) is 6.62. The van der Waals surface area contributed by atoms with E-state index >= 15 is 0 Å². The van der Waals surface area contributed by atoms with E-state index in [1.807, 2.05) is 0 Å². The molecule has 2 aromatic rings.